The van der Waals surface area contributed by atoms with Crippen molar-refractivity contribution in [2.24, 2.45) is 0 Å². The van der Waals surface area contributed by atoms with Crippen LogP contribution in [0, 0.1) is 0 Å². The number of halogens is 1. The van der Waals surface area contributed by atoms with Gasteiger partial charge >= 0.3 is 12.1 Å². The fourth-order valence-corrected chi connectivity index (χ4v) is 1.95. The van der Waals surface area contributed by atoms with Crippen molar-refractivity contribution in [2.45, 2.75) is 44.9 Å². The smallest absolute Gasteiger partial charge is 0.411 e. The predicted molar refractivity (Wildman–Crippen MR) is 66.1 cm³/mol. The highest BCUT2D eigenvalue weighted by Gasteiger charge is 2.41. The zero-order valence-corrected chi connectivity index (χ0v) is 11.8. The monoisotopic (exact) mass is 278 g/mol. The van der Waals surface area contributed by atoms with Crippen molar-refractivity contribution in [3.8, 4) is 0 Å². The molecule has 0 radical (unpaired) electrons. The molecule has 0 saturated carbocycles. The van der Waals surface area contributed by atoms with Crippen LogP contribution in [0.1, 0.15) is 27.2 Å². The second-order valence-electron chi connectivity index (χ2n) is 5.21. The fourth-order valence-electron chi connectivity index (χ4n) is 1.80. The number of likely N-dealkylation sites (tertiary alicyclic amines) is 1. The number of ether oxygens (including phenoxy) is 2. The number of carbonyl (C=O) groups is 2. The number of esters is 1. The quantitative estimate of drug-likeness (QED) is 0.609. The van der Waals surface area contributed by atoms with Crippen LogP contribution < -0.4 is 4.84 Å². The third-order valence-corrected chi connectivity index (χ3v) is 2.87. The average molecular weight is 279 g/mol. The molecule has 0 bridgehead atoms. The van der Waals surface area contributed by atoms with Crippen molar-refractivity contribution in [1.29, 1.82) is 0 Å². The van der Waals surface area contributed by atoms with Crippen molar-refractivity contribution >= 4 is 23.8 Å². The van der Waals surface area contributed by atoms with Gasteiger partial charge in [0.25, 0.3) is 0 Å². The Morgan fingerprint density at radius 1 is 1.39 bits per heavy atom. The topological polar surface area (TPSA) is 67.9 Å². The molecule has 18 heavy (non-hydrogen) atoms. The number of nitrogens with one attached hydrogen (secondary N) is 1. The summed E-state index contributed by atoms with van der Waals surface area (Å²) >= 11 is 5.54. The second-order valence-corrected chi connectivity index (χ2v) is 5.43. The molecule has 1 aliphatic heterocycles. The summed E-state index contributed by atoms with van der Waals surface area (Å²) in [5.74, 6) is -0.463. The van der Waals surface area contributed by atoms with Crippen LogP contribution in [0.4, 0.5) is 4.79 Å². The first-order valence-corrected chi connectivity index (χ1v) is 6.10. The van der Waals surface area contributed by atoms with Crippen molar-refractivity contribution in [2.75, 3.05) is 13.7 Å². The molecule has 1 aliphatic rings. The van der Waals surface area contributed by atoms with Crippen molar-refractivity contribution in [1.82, 2.24) is 9.74 Å². The van der Waals surface area contributed by atoms with Gasteiger partial charge in [-0.3, -0.25) is 4.90 Å². The van der Waals surface area contributed by atoms with Gasteiger partial charge in [0.15, 0.2) is 0 Å². The Balaban J connectivity index is 2.77. The second kappa shape index (κ2) is 5.75. The lowest BCUT2D eigenvalue weighted by molar-refractivity contribution is -0.145. The SMILES string of the molecule is COC(=O)[C@@H]1C[C@H](NCl)CN1C(=O)OC(C)(C)C. The van der Waals surface area contributed by atoms with Crippen molar-refractivity contribution in [3.63, 3.8) is 0 Å². The summed E-state index contributed by atoms with van der Waals surface area (Å²) in [6.07, 6.45) is -0.123. The van der Waals surface area contributed by atoms with E-state index in [0.717, 1.165) is 0 Å². The molecule has 0 aromatic carbocycles. The van der Waals surface area contributed by atoms with Gasteiger partial charge in [-0.05, 0) is 39.0 Å². The molecule has 0 aromatic heterocycles. The molecule has 1 heterocycles. The van der Waals surface area contributed by atoms with Crippen LogP contribution in [-0.4, -0.2) is 48.3 Å². The highest BCUT2D eigenvalue weighted by Crippen LogP contribution is 2.22. The molecule has 0 spiro atoms. The maximum Gasteiger partial charge on any atom is 0.411 e. The number of methoxy groups -OCH3 is 1. The third kappa shape index (κ3) is 3.74. The van der Waals surface area contributed by atoms with E-state index < -0.39 is 23.7 Å². The summed E-state index contributed by atoms with van der Waals surface area (Å²) in [5, 5.41) is 0. The molecule has 0 unspecified atom stereocenters. The molecule has 1 N–H and O–H groups in total. The largest absolute Gasteiger partial charge is 0.467 e. The summed E-state index contributed by atoms with van der Waals surface area (Å²) in [6, 6.07) is -0.801. The molecule has 7 heteroatoms. The Labute approximate surface area is 112 Å². The lowest BCUT2D eigenvalue weighted by Crippen LogP contribution is -2.44. The number of hydrogen-bond acceptors (Lipinski definition) is 5. The lowest BCUT2D eigenvalue weighted by atomic mass is 10.2. The predicted octanol–water partition coefficient (Wildman–Crippen LogP) is 1.28. The summed E-state index contributed by atoms with van der Waals surface area (Å²) < 4.78 is 9.93. The molecular formula is C11H19ClN2O4. The standard InChI is InChI=1S/C11H19ClN2O4/c1-11(2,3)18-10(16)14-6-7(13-12)5-8(14)9(15)17-4/h7-8,13H,5-6H2,1-4H3/t7-,8-/m0/s1. The lowest BCUT2D eigenvalue weighted by Gasteiger charge is -2.27. The van der Waals surface area contributed by atoms with Gasteiger partial charge < -0.3 is 9.47 Å². The third-order valence-electron chi connectivity index (χ3n) is 2.56. The van der Waals surface area contributed by atoms with Crippen LogP contribution >= 0.6 is 11.8 Å². The number of carbonyl (C=O) groups excluding carboxylic acids is 2. The normalized spacial score (nSPS) is 23.9. The van der Waals surface area contributed by atoms with E-state index in [4.69, 9.17) is 16.5 Å². The van der Waals surface area contributed by atoms with Crippen LogP contribution in [0.15, 0.2) is 0 Å². The Morgan fingerprint density at radius 3 is 2.44 bits per heavy atom. The van der Waals surface area contributed by atoms with E-state index in [1.807, 2.05) is 0 Å². The summed E-state index contributed by atoms with van der Waals surface area (Å²) in [7, 11) is 1.29. The van der Waals surface area contributed by atoms with Crippen LogP contribution in [0.2, 0.25) is 0 Å². The van der Waals surface area contributed by atoms with Crippen LogP contribution in [0.3, 0.4) is 0 Å². The highest BCUT2D eigenvalue weighted by atomic mass is 35.5. The van der Waals surface area contributed by atoms with Gasteiger partial charge in [-0.1, -0.05) is 0 Å². The van der Waals surface area contributed by atoms with Crippen molar-refractivity contribution in [3.05, 3.63) is 0 Å². The molecule has 2 atom stereocenters. The minimum Gasteiger partial charge on any atom is -0.467 e. The number of amides is 1. The summed E-state index contributed by atoms with van der Waals surface area (Å²) in [4.78, 5) is 27.5. The number of nitrogens with zero attached hydrogens (tertiary/aromatic N) is 1. The van der Waals surface area contributed by atoms with Crippen molar-refractivity contribution < 1.29 is 19.1 Å². The van der Waals surface area contributed by atoms with E-state index in [1.54, 1.807) is 20.8 Å². The Kier molecular flexibility index (Phi) is 4.81. The highest BCUT2D eigenvalue weighted by molar-refractivity contribution is 6.13. The molecule has 0 aliphatic carbocycles. The van der Waals surface area contributed by atoms with Crippen LogP contribution in [-0.2, 0) is 14.3 Å². The molecular weight excluding hydrogens is 260 g/mol. The van der Waals surface area contributed by atoms with Crippen LogP contribution in [0.25, 0.3) is 0 Å². The number of hydrogen-bond donors (Lipinski definition) is 1. The minimum absolute atomic E-state index is 0.150. The average Bonchev–Trinajstić information content (AvgIpc) is 2.69. The van der Waals surface area contributed by atoms with E-state index >= 15 is 0 Å². The Bertz CT molecular complexity index is 329. The van der Waals surface area contributed by atoms with Gasteiger partial charge in [0.2, 0.25) is 0 Å². The minimum atomic E-state index is -0.652. The fraction of sp³-hybridized carbons (Fsp3) is 0.818. The molecule has 1 saturated heterocycles. The van der Waals surface area contributed by atoms with E-state index in [0.29, 0.717) is 13.0 Å². The first-order chi connectivity index (χ1) is 8.28. The van der Waals surface area contributed by atoms with Gasteiger partial charge in [0.05, 0.1) is 7.11 Å². The van der Waals surface area contributed by atoms with E-state index in [1.165, 1.54) is 12.0 Å². The molecule has 1 rings (SSSR count). The molecule has 104 valence electrons. The Hall–Kier alpha value is -1.01. The molecule has 6 nitrogen and oxygen atoms in total. The zero-order chi connectivity index (χ0) is 13.9. The van der Waals surface area contributed by atoms with E-state index in [2.05, 4.69) is 9.57 Å². The maximum absolute atomic E-state index is 12.0. The molecule has 0 aromatic rings. The molecule has 1 fully saturated rings. The summed E-state index contributed by atoms with van der Waals surface area (Å²) in [6.45, 7) is 5.63. The van der Waals surface area contributed by atoms with Crippen LogP contribution in [0.5, 0.6) is 0 Å². The first kappa shape index (κ1) is 15.0. The van der Waals surface area contributed by atoms with Gasteiger partial charge in [0, 0.05) is 12.6 Å². The molecule has 1 amide bonds. The van der Waals surface area contributed by atoms with Gasteiger partial charge in [-0.25, -0.2) is 14.4 Å². The van der Waals surface area contributed by atoms with E-state index in [-0.39, 0.29) is 6.04 Å². The van der Waals surface area contributed by atoms with E-state index in [9.17, 15) is 9.59 Å². The van der Waals surface area contributed by atoms with Gasteiger partial charge in [0.1, 0.15) is 11.6 Å². The summed E-state index contributed by atoms with van der Waals surface area (Å²) in [5.41, 5.74) is -0.607. The first-order valence-electron chi connectivity index (χ1n) is 5.72. The Morgan fingerprint density at radius 2 is 2.00 bits per heavy atom. The number of rotatable bonds is 2. The van der Waals surface area contributed by atoms with Gasteiger partial charge in [-0.15, -0.1) is 0 Å². The van der Waals surface area contributed by atoms with Gasteiger partial charge in [-0.2, -0.15) is 0 Å². The maximum atomic E-state index is 12.0. The zero-order valence-electron chi connectivity index (χ0n) is 11.0.